The quantitative estimate of drug-likeness (QED) is 0.435. The van der Waals surface area contributed by atoms with Crippen LogP contribution in [0.4, 0.5) is 0 Å². The predicted molar refractivity (Wildman–Crippen MR) is 88.6 cm³/mol. The average molecular weight is 298 g/mol. The molecular weight excluding hydrogens is 276 g/mol. The molecule has 0 heterocycles. The summed E-state index contributed by atoms with van der Waals surface area (Å²) < 4.78 is 11.0. The van der Waals surface area contributed by atoms with E-state index >= 15 is 0 Å². The number of hydrogen-bond acceptors (Lipinski definition) is 3. The highest BCUT2D eigenvalue weighted by molar-refractivity contribution is 5.83. The number of hydrogen-bond donors (Lipinski definition) is 0. The van der Waals surface area contributed by atoms with Crippen LogP contribution in [0.2, 0.25) is 0 Å². The second-order valence-electron chi connectivity index (χ2n) is 5.87. The van der Waals surface area contributed by atoms with Crippen LogP contribution in [0, 0.1) is 0 Å². The molecule has 0 N–H and O–H groups in total. The zero-order valence-corrected chi connectivity index (χ0v) is 13.2. The Morgan fingerprint density at radius 1 is 1.18 bits per heavy atom. The Morgan fingerprint density at radius 2 is 1.91 bits per heavy atom. The van der Waals surface area contributed by atoms with Gasteiger partial charge in [0.05, 0.1) is 13.2 Å². The minimum atomic E-state index is -0.547. The molecule has 116 valence electrons. The molecule has 0 aliphatic carbocycles. The molecule has 0 unspecified atom stereocenters. The summed E-state index contributed by atoms with van der Waals surface area (Å²) in [6, 6.07) is 14.6. The molecule has 2 aromatic rings. The van der Waals surface area contributed by atoms with Gasteiger partial charge in [0.2, 0.25) is 0 Å². The van der Waals surface area contributed by atoms with Gasteiger partial charge in [-0.1, -0.05) is 43.0 Å². The standard InChI is InChI=1S/C19H22O3/c1-4-18(20)22-19(2,3)11-12-21-14-15-9-10-16-7-5-6-8-17(16)13-15/h4-10,13H,1,11-12,14H2,2-3H3. The Bertz CT molecular complexity index is 659. The van der Waals surface area contributed by atoms with E-state index in [0.29, 0.717) is 19.6 Å². The Balaban J connectivity index is 1.82. The number of ether oxygens (including phenoxy) is 2. The van der Waals surface area contributed by atoms with Gasteiger partial charge in [0, 0.05) is 12.5 Å². The van der Waals surface area contributed by atoms with Crippen molar-refractivity contribution < 1.29 is 14.3 Å². The van der Waals surface area contributed by atoms with Gasteiger partial charge >= 0.3 is 5.97 Å². The lowest BCUT2D eigenvalue weighted by Crippen LogP contribution is -2.28. The average Bonchev–Trinajstić information content (AvgIpc) is 2.51. The number of esters is 1. The summed E-state index contributed by atoms with van der Waals surface area (Å²) in [6.45, 7) is 8.22. The fourth-order valence-electron chi connectivity index (χ4n) is 2.20. The maximum atomic E-state index is 11.2. The molecule has 0 amide bonds. The van der Waals surface area contributed by atoms with Crippen molar-refractivity contribution >= 4 is 16.7 Å². The first-order valence-electron chi connectivity index (χ1n) is 7.41. The summed E-state index contributed by atoms with van der Waals surface area (Å²) in [4.78, 5) is 11.2. The highest BCUT2D eigenvalue weighted by atomic mass is 16.6. The molecular formula is C19H22O3. The van der Waals surface area contributed by atoms with E-state index in [-0.39, 0.29) is 0 Å². The number of fused-ring (bicyclic) bond motifs is 1. The van der Waals surface area contributed by atoms with Crippen LogP contribution >= 0.6 is 0 Å². The summed E-state index contributed by atoms with van der Waals surface area (Å²) in [5, 5.41) is 2.44. The van der Waals surface area contributed by atoms with E-state index < -0.39 is 11.6 Å². The molecule has 0 aliphatic rings. The van der Waals surface area contributed by atoms with Gasteiger partial charge in [-0.2, -0.15) is 0 Å². The first-order chi connectivity index (χ1) is 10.5. The summed E-state index contributed by atoms with van der Waals surface area (Å²) >= 11 is 0. The van der Waals surface area contributed by atoms with Gasteiger partial charge in [0.1, 0.15) is 5.60 Å². The molecule has 0 bridgehead atoms. The second-order valence-corrected chi connectivity index (χ2v) is 5.87. The molecule has 3 nitrogen and oxygen atoms in total. The highest BCUT2D eigenvalue weighted by Crippen LogP contribution is 2.18. The smallest absolute Gasteiger partial charge is 0.330 e. The van der Waals surface area contributed by atoms with Gasteiger partial charge in [-0.3, -0.25) is 0 Å². The maximum absolute atomic E-state index is 11.2. The summed E-state index contributed by atoms with van der Waals surface area (Å²) in [6.07, 6.45) is 1.82. The van der Waals surface area contributed by atoms with E-state index in [2.05, 4.69) is 36.9 Å². The first-order valence-corrected chi connectivity index (χ1v) is 7.41. The van der Waals surface area contributed by atoms with Crippen LogP contribution in [0.1, 0.15) is 25.8 Å². The summed E-state index contributed by atoms with van der Waals surface area (Å²) in [7, 11) is 0. The summed E-state index contributed by atoms with van der Waals surface area (Å²) in [5.74, 6) is -0.403. The van der Waals surface area contributed by atoms with Gasteiger partial charge < -0.3 is 9.47 Å². The van der Waals surface area contributed by atoms with Gasteiger partial charge in [-0.25, -0.2) is 4.79 Å². The van der Waals surface area contributed by atoms with Crippen molar-refractivity contribution in [1.82, 2.24) is 0 Å². The molecule has 0 atom stereocenters. The van der Waals surface area contributed by atoms with E-state index in [4.69, 9.17) is 9.47 Å². The molecule has 0 spiro atoms. The van der Waals surface area contributed by atoms with E-state index in [1.165, 1.54) is 16.8 Å². The largest absolute Gasteiger partial charge is 0.456 e. The molecule has 0 fully saturated rings. The molecule has 2 aromatic carbocycles. The third kappa shape index (κ3) is 4.71. The molecule has 22 heavy (non-hydrogen) atoms. The highest BCUT2D eigenvalue weighted by Gasteiger charge is 2.21. The van der Waals surface area contributed by atoms with Crippen molar-refractivity contribution in [2.24, 2.45) is 0 Å². The Morgan fingerprint density at radius 3 is 2.64 bits per heavy atom. The van der Waals surface area contributed by atoms with E-state index in [1.807, 2.05) is 26.0 Å². The van der Waals surface area contributed by atoms with Crippen molar-refractivity contribution in [3.05, 3.63) is 60.7 Å². The predicted octanol–water partition coefficient (Wildman–Crippen LogP) is 4.25. The normalized spacial score (nSPS) is 11.4. The van der Waals surface area contributed by atoms with Crippen LogP contribution < -0.4 is 0 Å². The van der Waals surface area contributed by atoms with Crippen molar-refractivity contribution in [3.63, 3.8) is 0 Å². The van der Waals surface area contributed by atoms with Crippen molar-refractivity contribution in [3.8, 4) is 0 Å². The van der Waals surface area contributed by atoms with Crippen LogP contribution in [-0.4, -0.2) is 18.2 Å². The van der Waals surface area contributed by atoms with Gasteiger partial charge in [-0.05, 0) is 36.2 Å². The minimum Gasteiger partial charge on any atom is -0.456 e. The van der Waals surface area contributed by atoms with Gasteiger partial charge in [0.25, 0.3) is 0 Å². The molecule has 0 aromatic heterocycles. The lowest BCUT2D eigenvalue weighted by Gasteiger charge is -2.24. The van der Waals surface area contributed by atoms with Gasteiger partial charge in [0.15, 0.2) is 0 Å². The van der Waals surface area contributed by atoms with Crippen LogP contribution in [0.5, 0.6) is 0 Å². The molecule has 0 saturated heterocycles. The molecule has 0 aliphatic heterocycles. The van der Waals surface area contributed by atoms with Crippen LogP contribution in [0.3, 0.4) is 0 Å². The summed E-state index contributed by atoms with van der Waals surface area (Å²) in [5.41, 5.74) is 0.592. The van der Waals surface area contributed by atoms with E-state index in [1.54, 1.807) is 0 Å². The fraction of sp³-hybridized carbons (Fsp3) is 0.316. The molecule has 3 heteroatoms. The van der Waals surface area contributed by atoms with Crippen molar-refractivity contribution in [2.75, 3.05) is 6.61 Å². The maximum Gasteiger partial charge on any atom is 0.330 e. The lowest BCUT2D eigenvalue weighted by atomic mass is 10.1. The van der Waals surface area contributed by atoms with Gasteiger partial charge in [-0.15, -0.1) is 0 Å². The third-order valence-corrected chi connectivity index (χ3v) is 3.47. The molecule has 2 rings (SSSR count). The molecule has 0 radical (unpaired) electrons. The Hall–Kier alpha value is -2.13. The van der Waals surface area contributed by atoms with Crippen molar-refractivity contribution in [1.29, 1.82) is 0 Å². The zero-order chi connectivity index (χ0) is 16.0. The Labute approximate surface area is 131 Å². The number of rotatable bonds is 7. The SMILES string of the molecule is C=CC(=O)OC(C)(C)CCOCc1ccc2ccccc2c1. The number of benzene rings is 2. The number of carbonyl (C=O) groups excluding carboxylic acids is 1. The van der Waals surface area contributed by atoms with E-state index in [0.717, 1.165) is 5.56 Å². The van der Waals surface area contributed by atoms with Crippen LogP contribution in [0.25, 0.3) is 10.8 Å². The zero-order valence-electron chi connectivity index (χ0n) is 13.2. The Kier molecular flexibility index (Phi) is 5.34. The minimum absolute atomic E-state index is 0.403. The second kappa shape index (κ2) is 7.23. The monoisotopic (exact) mass is 298 g/mol. The van der Waals surface area contributed by atoms with Crippen LogP contribution in [0.15, 0.2) is 55.1 Å². The topological polar surface area (TPSA) is 35.5 Å². The van der Waals surface area contributed by atoms with E-state index in [9.17, 15) is 4.79 Å². The molecule has 0 saturated carbocycles. The number of carbonyl (C=O) groups is 1. The van der Waals surface area contributed by atoms with Crippen molar-refractivity contribution in [2.45, 2.75) is 32.5 Å². The lowest BCUT2D eigenvalue weighted by molar-refractivity contribution is -0.151. The van der Waals surface area contributed by atoms with Crippen LogP contribution in [-0.2, 0) is 20.9 Å². The fourth-order valence-corrected chi connectivity index (χ4v) is 2.20. The third-order valence-electron chi connectivity index (χ3n) is 3.47. The first kappa shape index (κ1) is 16.2.